The first-order valence-corrected chi connectivity index (χ1v) is 6.99. The number of ether oxygens (including phenoxy) is 1. The van der Waals surface area contributed by atoms with Crippen molar-refractivity contribution in [3.8, 4) is 11.4 Å². The van der Waals surface area contributed by atoms with E-state index in [2.05, 4.69) is 10.1 Å². The highest BCUT2D eigenvalue weighted by Gasteiger charge is 2.19. The normalized spacial score (nSPS) is 11.2. The lowest BCUT2D eigenvalue weighted by Crippen LogP contribution is -2.07. The van der Waals surface area contributed by atoms with Crippen molar-refractivity contribution in [1.29, 1.82) is 0 Å². The van der Waals surface area contributed by atoms with Gasteiger partial charge in [0.25, 0.3) is 0 Å². The molecule has 0 radical (unpaired) electrons. The number of halogens is 1. The Labute approximate surface area is 127 Å². The van der Waals surface area contributed by atoms with Gasteiger partial charge >= 0.3 is 0 Å². The van der Waals surface area contributed by atoms with Gasteiger partial charge in [-0.15, -0.1) is 0 Å². The van der Waals surface area contributed by atoms with Gasteiger partial charge in [-0.3, -0.25) is 4.57 Å². The van der Waals surface area contributed by atoms with E-state index in [1.807, 2.05) is 29.2 Å². The van der Waals surface area contributed by atoms with Crippen LogP contribution in [0.4, 0.5) is 5.95 Å². The fourth-order valence-corrected chi connectivity index (χ4v) is 2.64. The topological polar surface area (TPSA) is 70.9 Å². The zero-order valence-electron chi connectivity index (χ0n) is 12.1. The van der Waals surface area contributed by atoms with Gasteiger partial charge < -0.3 is 10.5 Å². The number of nitrogen functional groups attached to an aromatic ring is 1. The van der Waals surface area contributed by atoms with E-state index < -0.39 is 0 Å². The fraction of sp³-hybridized carbons (Fsp3) is 0.286. The molecule has 0 aliphatic heterocycles. The second-order valence-corrected chi connectivity index (χ2v) is 5.10. The maximum atomic E-state index is 6.33. The monoisotopic (exact) mass is 305 g/mol. The van der Waals surface area contributed by atoms with Crippen molar-refractivity contribution in [2.24, 2.45) is 0 Å². The molecule has 0 bridgehead atoms. The minimum Gasteiger partial charge on any atom is -0.497 e. The summed E-state index contributed by atoms with van der Waals surface area (Å²) in [7, 11) is 1.61. The lowest BCUT2D eigenvalue weighted by Gasteiger charge is -2.11. The molecule has 0 amide bonds. The third-order valence-electron chi connectivity index (χ3n) is 3.43. The first-order valence-electron chi connectivity index (χ1n) is 6.62. The van der Waals surface area contributed by atoms with E-state index >= 15 is 0 Å². The predicted molar refractivity (Wildman–Crippen MR) is 83.2 cm³/mol. The molecule has 0 atom stereocenters. The van der Waals surface area contributed by atoms with Crippen molar-refractivity contribution in [3.63, 3.8) is 0 Å². The van der Waals surface area contributed by atoms with E-state index in [0.29, 0.717) is 16.7 Å². The summed E-state index contributed by atoms with van der Waals surface area (Å²) in [6.07, 6.45) is 0. The van der Waals surface area contributed by atoms with Gasteiger partial charge in [-0.1, -0.05) is 11.6 Å². The minimum atomic E-state index is 0.378. The molecule has 2 N–H and O–H groups in total. The summed E-state index contributed by atoms with van der Waals surface area (Å²) in [5.74, 6) is 1.08. The molecule has 0 aliphatic carbocycles. The number of methoxy groups -OCH3 is 1. The quantitative estimate of drug-likeness (QED) is 0.807. The molecule has 3 aromatic rings. The number of hydrogen-bond acceptors (Lipinski definition) is 4. The number of aromatic nitrogens is 4. The lowest BCUT2D eigenvalue weighted by molar-refractivity contribution is 0.414. The Morgan fingerprint density at radius 1 is 1.38 bits per heavy atom. The molecular formula is C14H16ClN5O. The van der Waals surface area contributed by atoms with Crippen molar-refractivity contribution in [2.45, 2.75) is 20.4 Å². The van der Waals surface area contributed by atoms with Crippen molar-refractivity contribution in [3.05, 3.63) is 28.9 Å². The van der Waals surface area contributed by atoms with Crippen LogP contribution < -0.4 is 10.5 Å². The molecule has 21 heavy (non-hydrogen) atoms. The van der Waals surface area contributed by atoms with Crippen LogP contribution in [0.1, 0.15) is 12.6 Å². The van der Waals surface area contributed by atoms with Crippen LogP contribution in [0.2, 0.25) is 5.02 Å². The van der Waals surface area contributed by atoms with E-state index in [0.717, 1.165) is 29.1 Å². The van der Waals surface area contributed by atoms with Crippen molar-refractivity contribution in [1.82, 2.24) is 19.3 Å². The average Bonchev–Trinajstić information content (AvgIpc) is 2.96. The summed E-state index contributed by atoms with van der Waals surface area (Å²) >= 11 is 6.33. The van der Waals surface area contributed by atoms with E-state index in [9.17, 15) is 0 Å². The maximum absolute atomic E-state index is 6.33. The van der Waals surface area contributed by atoms with Gasteiger partial charge in [-0.2, -0.15) is 5.10 Å². The Morgan fingerprint density at radius 3 is 2.81 bits per heavy atom. The Bertz CT molecular complexity index is 820. The molecule has 1 aromatic carbocycles. The number of nitrogens with two attached hydrogens (primary N) is 1. The number of rotatable bonds is 3. The summed E-state index contributed by atoms with van der Waals surface area (Å²) in [5, 5.41) is 5.04. The van der Waals surface area contributed by atoms with E-state index in [1.165, 1.54) is 0 Å². The molecule has 3 rings (SSSR count). The largest absolute Gasteiger partial charge is 0.497 e. The lowest BCUT2D eigenvalue weighted by atomic mass is 10.3. The van der Waals surface area contributed by atoms with Crippen LogP contribution in [0.25, 0.3) is 16.9 Å². The van der Waals surface area contributed by atoms with Gasteiger partial charge in [0.2, 0.25) is 5.95 Å². The number of anilines is 1. The number of benzene rings is 1. The fourth-order valence-electron chi connectivity index (χ4n) is 2.43. The zero-order chi connectivity index (χ0) is 15.1. The molecule has 0 fully saturated rings. The van der Waals surface area contributed by atoms with E-state index in [1.54, 1.807) is 19.2 Å². The molecule has 2 aromatic heterocycles. The summed E-state index contributed by atoms with van der Waals surface area (Å²) in [4.78, 5) is 4.41. The SMILES string of the molecule is CCn1nc(C)c2nc(N)n(-c3cc(OC)ccc3Cl)c21. The molecule has 0 saturated carbocycles. The summed E-state index contributed by atoms with van der Waals surface area (Å²) in [5.41, 5.74) is 9.29. The van der Waals surface area contributed by atoms with Crippen molar-refractivity contribution in [2.75, 3.05) is 12.8 Å². The molecule has 0 saturated heterocycles. The van der Waals surface area contributed by atoms with Gasteiger partial charge in [0.1, 0.15) is 11.3 Å². The molecule has 110 valence electrons. The molecule has 7 heteroatoms. The molecule has 6 nitrogen and oxygen atoms in total. The third-order valence-corrected chi connectivity index (χ3v) is 3.75. The van der Waals surface area contributed by atoms with Crippen molar-refractivity contribution >= 4 is 28.7 Å². The molecule has 0 unspecified atom stereocenters. The second-order valence-electron chi connectivity index (χ2n) is 4.70. The third kappa shape index (κ3) is 2.03. The van der Waals surface area contributed by atoms with Crippen LogP contribution in [-0.4, -0.2) is 26.4 Å². The van der Waals surface area contributed by atoms with Gasteiger partial charge in [-0.05, 0) is 26.0 Å². The Kier molecular flexibility index (Phi) is 3.25. The minimum absolute atomic E-state index is 0.378. The smallest absolute Gasteiger partial charge is 0.207 e. The first kappa shape index (κ1) is 13.8. The molecule has 0 spiro atoms. The summed E-state index contributed by atoms with van der Waals surface area (Å²) in [6, 6.07) is 5.42. The van der Waals surface area contributed by atoms with Crippen LogP contribution in [0.3, 0.4) is 0 Å². The molecule has 2 heterocycles. The van der Waals surface area contributed by atoms with Crippen LogP contribution in [0, 0.1) is 6.92 Å². The average molecular weight is 306 g/mol. The highest BCUT2D eigenvalue weighted by Crippen LogP contribution is 2.31. The summed E-state index contributed by atoms with van der Waals surface area (Å²) < 4.78 is 8.94. The number of imidazole rings is 1. The summed E-state index contributed by atoms with van der Waals surface area (Å²) in [6.45, 7) is 4.65. The predicted octanol–water partition coefficient (Wildman–Crippen LogP) is 2.79. The Balaban J connectivity index is 2.37. The van der Waals surface area contributed by atoms with E-state index in [4.69, 9.17) is 22.1 Å². The highest BCUT2D eigenvalue weighted by molar-refractivity contribution is 6.32. The van der Waals surface area contributed by atoms with Crippen LogP contribution in [0.5, 0.6) is 5.75 Å². The van der Waals surface area contributed by atoms with Crippen LogP contribution >= 0.6 is 11.6 Å². The number of fused-ring (bicyclic) bond motifs is 1. The first-order chi connectivity index (χ1) is 10.1. The maximum Gasteiger partial charge on any atom is 0.207 e. The Morgan fingerprint density at radius 2 is 2.14 bits per heavy atom. The van der Waals surface area contributed by atoms with Crippen LogP contribution in [0.15, 0.2) is 18.2 Å². The van der Waals surface area contributed by atoms with E-state index in [-0.39, 0.29) is 0 Å². The van der Waals surface area contributed by atoms with Crippen LogP contribution in [-0.2, 0) is 6.54 Å². The van der Waals surface area contributed by atoms with Gasteiger partial charge in [0.15, 0.2) is 5.65 Å². The molecular weight excluding hydrogens is 290 g/mol. The highest BCUT2D eigenvalue weighted by atomic mass is 35.5. The number of aryl methyl sites for hydroxylation is 2. The molecule has 0 aliphatic rings. The van der Waals surface area contributed by atoms with Gasteiger partial charge in [0, 0.05) is 12.6 Å². The number of hydrogen-bond donors (Lipinski definition) is 1. The zero-order valence-corrected chi connectivity index (χ0v) is 12.8. The van der Waals surface area contributed by atoms with Gasteiger partial charge in [-0.25, -0.2) is 9.67 Å². The second kappa shape index (κ2) is 4.96. The standard InChI is InChI=1S/C14H16ClN5O/c1-4-19-13-12(8(2)18-19)17-14(16)20(13)11-7-9(21-3)5-6-10(11)15/h5-7H,4H2,1-3H3,(H2,16,17). The Hall–Kier alpha value is -2.21. The number of nitrogens with zero attached hydrogens (tertiary/aromatic N) is 4. The van der Waals surface area contributed by atoms with Gasteiger partial charge in [0.05, 0.1) is 23.5 Å². The van der Waals surface area contributed by atoms with Crippen molar-refractivity contribution < 1.29 is 4.74 Å².